The van der Waals surface area contributed by atoms with Crippen molar-refractivity contribution in [2.24, 2.45) is 5.92 Å². The molecule has 2 heterocycles. The first-order valence-corrected chi connectivity index (χ1v) is 9.28. The van der Waals surface area contributed by atoms with Crippen molar-refractivity contribution in [2.75, 3.05) is 46.5 Å². The smallest absolute Gasteiger partial charge is 0.387 e. The number of nitrogens with zero attached hydrogens (tertiary/aromatic N) is 2. The van der Waals surface area contributed by atoms with E-state index in [1.807, 2.05) is 0 Å². The third kappa shape index (κ3) is 4.70. The molecule has 2 amide bonds. The van der Waals surface area contributed by atoms with Crippen LogP contribution in [-0.4, -0.2) is 74.7 Å². The minimum Gasteiger partial charge on any atom is -0.493 e. The molecule has 0 radical (unpaired) electrons. The van der Waals surface area contributed by atoms with Crippen LogP contribution in [0, 0.1) is 5.92 Å². The van der Waals surface area contributed by atoms with Gasteiger partial charge >= 0.3 is 6.61 Å². The van der Waals surface area contributed by atoms with Gasteiger partial charge in [0.1, 0.15) is 0 Å². The average molecular weight is 398 g/mol. The maximum absolute atomic E-state index is 12.9. The zero-order chi connectivity index (χ0) is 20.1. The normalized spacial score (nSPS) is 20.2. The number of morpholine rings is 1. The molecule has 0 spiro atoms. The maximum Gasteiger partial charge on any atom is 0.387 e. The summed E-state index contributed by atoms with van der Waals surface area (Å²) in [6.07, 6.45) is 1.44. The third-order valence-corrected chi connectivity index (χ3v) is 5.01. The van der Waals surface area contributed by atoms with Gasteiger partial charge in [-0.05, 0) is 31.0 Å². The van der Waals surface area contributed by atoms with Crippen LogP contribution in [0.1, 0.15) is 23.2 Å². The standard InChI is InChI=1S/C19H24F2N2O5/c1-26-15-5-4-13(11-16(15)28-19(20)21)17(24)23-6-2-3-14(12-23)18(25)22-7-9-27-10-8-22/h4-5,11,14,19H,2-3,6-10,12H2,1H3/t14-/m0/s1. The maximum atomic E-state index is 12.9. The summed E-state index contributed by atoms with van der Waals surface area (Å²) >= 11 is 0. The van der Waals surface area contributed by atoms with Gasteiger partial charge in [-0.3, -0.25) is 9.59 Å². The fourth-order valence-corrected chi connectivity index (χ4v) is 3.59. The van der Waals surface area contributed by atoms with E-state index in [4.69, 9.17) is 9.47 Å². The third-order valence-electron chi connectivity index (χ3n) is 5.01. The Morgan fingerprint density at radius 2 is 1.89 bits per heavy atom. The van der Waals surface area contributed by atoms with Crippen molar-refractivity contribution in [3.05, 3.63) is 23.8 Å². The minimum atomic E-state index is -3.02. The SMILES string of the molecule is COc1ccc(C(=O)N2CCC[C@H](C(=O)N3CCOCC3)C2)cc1OC(F)F. The number of alkyl halides is 2. The largest absolute Gasteiger partial charge is 0.493 e. The highest BCUT2D eigenvalue weighted by atomic mass is 19.3. The van der Waals surface area contributed by atoms with Crippen molar-refractivity contribution in [3.63, 3.8) is 0 Å². The first kappa shape index (κ1) is 20.3. The lowest BCUT2D eigenvalue weighted by Crippen LogP contribution is -2.49. The Morgan fingerprint density at radius 1 is 1.14 bits per heavy atom. The Balaban J connectivity index is 1.70. The molecule has 1 aromatic carbocycles. The summed E-state index contributed by atoms with van der Waals surface area (Å²) in [5.74, 6) is -0.610. The van der Waals surface area contributed by atoms with Gasteiger partial charge in [0.05, 0.1) is 26.2 Å². The zero-order valence-corrected chi connectivity index (χ0v) is 15.7. The van der Waals surface area contributed by atoms with Crippen molar-refractivity contribution in [1.29, 1.82) is 0 Å². The van der Waals surface area contributed by atoms with Crippen LogP contribution < -0.4 is 9.47 Å². The second kappa shape index (κ2) is 9.18. The molecule has 154 valence electrons. The Hall–Kier alpha value is -2.42. The number of hydrogen-bond acceptors (Lipinski definition) is 5. The lowest BCUT2D eigenvalue weighted by atomic mass is 9.95. The summed E-state index contributed by atoms with van der Waals surface area (Å²) in [7, 11) is 1.33. The van der Waals surface area contributed by atoms with E-state index < -0.39 is 6.61 Å². The summed E-state index contributed by atoms with van der Waals surface area (Å²) in [6, 6.07) is 4.18. The molecule has 1 aromatic rings. The van der Waals surface area contributed by atoms with Gasteiger partial charge in [0, 0.05) is 31.7 Å². The molecule has 3 rings (SSSR count). The molecule has 0 bridgehead atoms. The first-order valence-electron chi connectivity index (χ1n) is 9.28. The molecule has 0 aliphatic carbocycles. The molecule has 2 saturated heterocycles. The van der Waals surface area contributed by atoms with Crippen molar-refractivity contribution < 1.29 is 32.6 Å². The number of halogens is 2. The molecule has 0 N–H and O–H groups in total. The predicted molar refractivity (Wildman–Crippen MR) is 95.7 cm³/mol. The number of rotatable bonds is 5. The fraction of sp³-hybridized carbons (Fsp3) is 0.579. The molecule has 1 atom stereocenters. The Morgan fingerprint density at radius 3 is 2.57 bits per heavy atom. The lowest BCUT2D eigenvalue weighted by molar-refractivity contribution is -0.141. The number of likely N-dealkylation sites (tertiary alicyclic amines) is 1. The average Bonchev–Trinajstić information content (AvgIpc) is 2.73. The van der Waals surface area contributed by atoms with Crippen LogP contribution in [0.15, 0.2) is 18.2 Å². The van der Waals surface area contributed by atoms with Crippen LogP contribution in [0.5, 0.6) is 11.5 Å². The van der Waals surface area contributed by atoms with Crippen LogP contribution in [-0.2, 0) is 9.53 Å². The molecule has 2 fully saturated rings. The van der Waals surface area contributed by atoms with Gasteiger partial charge in [0.15, 0.2) is 11.5 Å². The van der Waals surface area contributed by atoms with Gasteiger partial charge in [0.25, 0.3) is 5.91 Å². The van der Waals surface area contributed by atoms with E-state index in [2.05, 4.69) is 4.74 Å². The molecule has 28 heavy (non-hydrogen) atoms. The van der Waals surface area contributed by atoms with Crippen molar-refractivity contribution >= 4 is 11.8 Å². The molecular formula is C19H24F2N2O5. The summed E-state index contributed by atoms with van der Waals surface area (Å²) in [5, 5.41) is 0. The Kier molecular flexibility index (Phi) is 6.66. The summed E-state index contributed by atoms with van der Waals surface area (Å²) in [6.45, 7) is -0.00870. The monoisotopic (exact) mass is 398 g/mol. The van der Waals surface area contributed by atoms with Gasteiger partial charge in [-0.2, -0.15) is 8.78 Å². The van der Waals surface area contributed by atoms with Crippen LogP contribution in [0.2, 0.25) is 0 Å². The first-order chi connectivity index (χ1) is 13.5. The summed E-state index contributed by atoms with van der Waals surface area (Å²) < 4.78 is 40.0. The van der Waals surface area contributed by atoms with Gasteiger partial charge in [-0.1, -0.05) is 0 Å². The molecular weight excluding hydrogens is 374 g/mol. The van der Waals surface area contributed by atoms with E-state index in [9.17, 15) is 18.4 Å². The van der Waals surface area contributed by atoms with Crippen molar-refractivity contribution in [1.82, 2.24) is 9.80 Å². The number of benzene rings is 1. The molecule has 9 heteroatoms. The molecule has 2 aliphatic rings. The number of carbonyl (C=O) groups is 2. The second-order valence-corrected chi connectivity index (χ2v) is 6.77. The van der Waals surface area contributed by atoms with E-state index in [-0.39, 0.29) is 34.8 Å². The number of methoxy groups -OCH3 is 1. The van der Waals surface area contributed by atoms with E-state index in [1.54, 1.807) is 9.80 Å². The van der Waals surface area contributed by atoms with Crippen LogP contribution >= 0.6 is 0 Å². The fourth-order valence-electron chi connectivity index (χ4n) is 3.59. The topological polar surface area (TPSA) is 68.3 Å². The van der Waals surface area contributed by atoms with Gasteiger partial charge in [0.2, 0.25) is 5.91 Å². The summed E-state index contributed by atoms with van der Waals surface area (Å²) in [4.78, 5) is 29.0. The molecule has 0 aromatic heterocycles. The number of amides is 2. The van der Waals surface area contributed by atoms with Gasteiger partial charge < -0.3 is 24.0 Å². The highest BCUT2D eigenvalue weighted by Crippen LogP contribution is 2.30. The molecule has 2 aliphatic heterocycles. The quantitative estimate of drug-likeness (QED) is 0.759. The number of carbonyl (C=O) groups excluding carboxylic acids is 2. The Labute approximate surface area is 162 Å². The van der Waals surface area contributed by atoms with Crippen LogP contribution in [0.4, 0.5) is 8.78 Å². The van der Waals surface area contributed by atoms with Crippen LogP contribution in [0.25, 0.3) is 0 Å². The van der Waals surface area contributed by atoms with E-state index in [1.165, 1.54) is 25.3 Å². The molecule has 0 unspecified atom stereocenters. The molecule has 7 nitrogen and oxygen atoms in total. The minimum absolute atomic E-state index is 0.0391. The highest BCUT2D eigenvalue weighted by Gasteiger charge is 2.32. The molecule has 0 saturated carbocycles. The number of ether oxygens (including phenoxy) is 3. The van der Waals surface area contributed by atoms with Crippen molar-refractivity contribution in [3.8, 4) is 11.5 Å². The van der Waals surface area contributed by atoms with E-state index in [0.717, 1.165) is 6.42 Å². The van der Waals surface area contributed by atoms with E-state index >= 15 is 0 Å². The van der Waals surface area contributed by atoms with Gasteiger partial charge in [-0.15, -0.1) is 0 Å². The summed E-state index contributed by atoms with van der Waals surface area (Å²) in [5.41, 5.74) is 0.218. The second-order valence-electron chi connectivity index (χ2n) is 6.77. The number of hydrogen-bond donors (Lipinski definition) is 0. The lowest BCUT2D eigenvalue weighted by Gasteiger charge is -2.36. The predicted octanol–water partition coefficient (Wildman–Crippen LogP) is 2.01. The van der Waals surface area contributed by atoms with Crippen LogP contribution in [0.3, 0.4) is 0 Å². The Bertz CT molecular complexity index is 710. The highest BCUT2D eigenvalue weighted by molar-refractivity contribution is 5.95. The van der Waals surface area contributed by atoms with Gasteiger partial charge in [-0.25, -0.2) is 0 Å². The van der Waals surface area contributed by atoms with E-state index in [0.29, 0.717) is 45.8 Å². The number of piperidine rings is 1. The van der Waals surface area contributed by atoms with Crippen molar-refractivity contribution in [2.45, 2.75) is 19.5 Å². The zero-order valence-electron chi connectivity index (χ0n) is 15.7.